The lowest BCUT2D eigenvalue weighted by molar-refractivity contribution is -0.160. The van der Waals surface area contributed by atoms with Gasteiger partial charge in [-0.2, -0.15) is 0 Å². The Balaban J connectivity index is 1.81. The summed E-state index contributed by atoms with van der Waals surface area (Å²) >= 11 is 0. The summed E-state index contributed by atoms with van der Waals surface area (Å²) in [4.78, 5) is 45.3. The van der Waals surface area contributed by atoms with Crippen LogP contribution in [0.15, 0.2) is 49.6 Å². The average molecular weight is 541 g/mol. The number of hydrogen-bond donors (Lipinski definition) is 1. The molecule has 2 amide bonds. The molecule has 1 N–H and O–H groups in total. The summed E-state index contributed by atoms with van der Waals surface area (Å²) in [7, 11) is 1.57. The first-order valence-electron chi connectivity index (χ1n) is 13.6. The number of methoxy groups -OCH3 is 1. The first-order valence-corrected chi connectivity index (χ1v) is 13.6. The molecule has 212 valence electrons. The van der Waals surface area contributed by atoms with Crippen molar-refractivity contribution in [3.63, 3.8) is 0 Å². The topological polar surface area (TPSA) is 106 Å². The van der Waals surface area contributed by atoms with Crippen molar-refractivity contribution in [1.82, 2.24) is 4.90 Å². The molecule has 3 fully saturated rings. The van der Waals surface area contributed by atoms with Crippen molar-refractivity contribution in [2.75, 3.05) is 31.8 Å². The van der Waals surface area contributed by atoms with Gasteiger partial charge in [-0.25, -0.2) is 0 Å². The van der Waals surface area contributed by atoms with Crippen molar-refractivity contribution in [1.29, 1.82) is 0 Å². The van der Waals surface area contributed by atoms with Gasteiger partial charge >= 0.3 is 5.97 Å². The van der Waals surface area contributed by atoms with Crippen LogP contribution >= 0.6 is 0 Å². The molecule has 9 heteroatoms. The molecule has 2 bridgehead atoms. The molecule has 0 radical (unpaired) electrons. The summed E-state index contributed by atoms with van der Waals surface area (Å²) in [6.07, 6.45) is 4.71. The number of carbonyl (C=O) groups is 3. The SMILES string of the molecule is C=CCCOC(=O)[C@@H]1[C@H]2C(=O)N([C@@H](CO)C(C)C)C(C(=O)N(CC=C)c3ccc(OC)cc3)C23CC[C@@]1(C)O3. The van der Waals surface area contributed by atoms with Gasteiger partial charge in [-0.15, -0.1) is 13.2 Å². The van der Waals surface area contributed by atoms with Gasteiger partial charge in [-0.05, 0) is 56.4 Å². The van der Waals surface area contributed by atoms with Crippen LogP contribution in [0.3, 0.4) is 0 Å². The Labute approximate surface area is 230 Å². The van der Waals surface area contributed by atoms with Crippen molar-refractivity contribution in [2.24, 2.45) is 17.8 Å². The van der Waals surface area contributed by atoms with Crippen LogP contribution in [-0.4, -0.2) is 77.9 Å². The Morgan fingerprint density at radius 3 is 2.49 bits per heavy atom. The van der Waals surface area contributed by atoms with Gasteiger partial charge in [0, 0.05) is 12.2 Å². The van der Waals surface area contributed by atoms with Crippen molar-refractivity contribution >= 4 is 23.5 Å². The van der Waals surface area contributed by atoms with Crippen LogP contribution in [-0.2, 0) is 23.9 Å². The quantitative estimate of drug-likeness (QED) is 0.247. The number of likely N-dealkylation sites (tertiary alicyclic amines) is 1. The minimum absolute atomic E-state index is 0.149. The van der Waals surface area contributed by atoms with Crippen LogP contribution in [0.4, 0.5) is 5.69 Å². The summed E-state index contributed by atoms with van der Waals surface area (Å²) in [5.74, 6) is -2.47. The molecule has 2 unspecified atom stereocenters. The van der Waals surface area contributed by atoms with Crippen molar-refractivity contribution in [2.45, 2.75) is 63.3 Å². The zero-order valence-corrected chi connectivity index (χ0v) is 23.3. The zero-order chi connectivity index (χ0) is 28.5. The second-order valence-electron chi connectivity index (χ2n) is 11.1. The van der Waals surface area contributed by atoms with Crippen LogP contribution in [0, 0.1) is 17.8 Å². The fourth-order valence-electron chi connectivity index (χ4n) is 6.67. The average Bonchev–Trinajstić information content (AvgIpc) is 3.48. The van der Waals surface area contributed by atoms with E-state index in [0.29, 0.717) is 30.7 Å². The van der Waals surface area contributed by atoms with E-state index in [1.807, 2.05) is 20.8 Å². The molecule has 9 nitrogen and oxygen atoms in total. The number of rotatable bonds is 12. The zero-order valence-electron chi connectivity index (χ0n) is 23.3. The fraction of sp³-hybridized carbons (Fsp3) is 0.567. The van der Waals surface area contributed by atoms with E-state index in [1.165, 1.54) is 4.90 Å². The van der Waals surface area contributed by atoms with Crippen molar-refractivity contribution in [3.8, 4) is 5.75 Å². The van der Waals surface area contributed by atoms with E-state index < -0.39 is 41.1 Å². The smallest absolute Gasteiger partial charge is 0.312 e. The maximum atomic E-state index is 14.6. The Hall–Kier alpha value is -3.17. The maximum absolute atomic E-state index is 14.6. The van der Waals surface area contributed by atoms with Crippen LogP contribution in [0.1, 0.15) is 40.0 Å². The molecule has 3 aliphatic heterocycles. The second kappa shape index (κ2) is 11.1. The number of ether oxygens (including phenoxy) is 3. The lowest BCUT2D eigenvalue weighted by atomic mass is 9.66. The second-order valence-corrected chi connectivity index (χ2v) is 11.1. The van der Waals surface area contributed by atoms with E-state index in [1.54, 1.807) is 48.4 Å². The number of anilines is 1. The molecule has 39 heavy (non-hydrogen) atoms. The Bertz CT molecular complexity index is 1120. The number of benzene rings is 1. The highest BCUT2D eigenvalue weighted by Crippen LogP contribution is 2.64. The highest BCUT2D eigenvalue weighted by molar-refractivity contribution is 6.05. The summed E-state index contributed by atoms with van der Waals surface area (Å²) in [5, 5.41) is 10.4. The molecular formula is C30H40N2O7. The van der Waals surface area contributed by atoms with E-state index in [4.69, 9.17) is 14.2 Å². The standard InChI is InChI=1S/C30H40N2O7/c1-7-9-17-38-28(36)24-23-26(34)32(22(18-33)19(3)4)25(30(23)15-14-29(24,5)39-30)27(35)31(16-8-2)20-10-12-21(37-6)13-11-20/h7-8,10-13,19,22-25,33H,1-2,9,14-18H2,3-6H3/t22-,23-,24-,25?,29+,30?/m0/s1. The minimum atomic E-state index is -1.22. The predicted molar refractivity (Wildman–Crippen MR) is 146 cm³/mol. The number of aliphatic hydroxyl groups is 1. The normalized spacial score (nSPS) is 29.7. The van der Waals surface area contributed by atoms with Gasteiger partial charge in [0.05, 0.1) is 37.9 Å². The molecule has 0 aromatic heterocycles. The molecule has 3 saturated heterocycles. The van der Waals surface area contributed by atoms with Gasteiger partial charge in [0.25, 0.3) is 5.91 Å². The first kappa shape index (κ1) is 28.8. The van der Waals surface area contributed by atoms with Crippen LogP contribution in [0.5, 0.6) is 5.75 Å². The molecule has 1 aromatic carbocycles. The number of amides is 2. The summed E-state index contributed by atoms with van der Waals surface area (Å²) in [6, 6.07) is 5.39. The fourth-order valence-corrected chi connectivity index (χ4v) is 6.67. The third-order valence-electron chi connectivity index (χ3n) is 8.54. The van der Waals surface area contributed by atoms with Gasteiger partial charge in [0.1, 0.15) is 23.3 Å². The first-order chi connectivity index (χ1) is 18.6. The predicted octanol–water partition coefficient (Wildman–Crippen LogP) is 3.12. The molecule has 3 heterocycles. The number of nitrogens with zero attached hydrogens (tertiary/aromatic N) is 2. The van der Waals surface area contributed by atoms with Crippen molar-refractivity contribution < 1.29 is 33.7 Å². The number of aliphatic hydroxyl groups excluding tert-OH is 1. The molecule has 4 rings (SSSR count). The van der Waals surface area contributed by atoms with Crippen LogP contribution in [0.25, 0.3) is 0 Å². The largest absolute Gasteiger partial charge is 0.497 e. The third-order valence-corrected chi connectivity index (χ3v) is 8.54. The third kappa shape index (κ3) is 4.65. The molecule has 6 atom stereocenters. The van der Waals surface area contributed by atoms with Crippen LogP contribution < -0.4 is 9.64 Å². The highest BCUT2D eigenvalue weighted by atomic mass is 16.6. The molecule has 1 aromatic rings. The lowest BCUT2D eigenvalue weighted by Crippen LogP contribution is -2.60. The van der Waals surface area contributed by atoms with Gasteiger partial charge in [-0.3, -0.25) is 14.4 Å². The number of fused-ring (bicyclic) bond motifs is 1. The molecule has 0 saturated carbocycles. The van der Waals surface area contributed by atoms with Gasteiger partial charge in [0.15, 0.2) is 0 Å². The van der Waals surface area contributed by atoms with E-state index in [-0.39, 0.29) is 37.5 Å². The molecular weight excluding hydrogens is 500 g/mol. The summed E-state index contributed by atoms with van der Waals surface area (Å²) in [6.45, 7) is 13.1. The molecule has 3 aliphatic rings. The molecule has 0 aliphatic carbocycles. The van der Waals surface area contributed by atoms with Gasteiger partial charge in [-0.1, -0.05) is 26.0 Å². The maximum Gasteiger partial charge on any atom is 0.312 e. The highest BCUT2D eigenvalue weighted by Gasteiger charge is 2.79. The van der Waals surface area contributed by atoms with Gasteiger partial charge < -0.3 is 29.1 Å². The van der Waals surface area contributed by atoms with Crippen molar-refractivity contribution in [3.05, 3.63) is 49.6 Å². The van der Waals surface area contributed by atoms with E-state index in [9.17, 15) is 19.5 Å². The van der Waals surface area contributed by atoms with E-state index in [0.717, 1.165) is 0 Å². The van der Waals surface area contributed by atoms with Gasteiger partial charge in [0.2, 0.25) is 5.91 Å². The Morgan fingerprint density at radius 2 is 1.92 bits per heavy atom. The molecule has 1 spiro atoms. The summed E-state index contributed by atoms with van der Waals surface area (Å²) in [5.41, 5.74) is -1.55. The minimum Gasteiger partial charge on any atom is -0.497 e. The summed E-state index contributed by atoms with van der Waals surface area (Å²) < 4.78 is 17.5. The van der Waals surface area contributed by atoms with Crippen LogP contribution in [0.2, 0.25) is 0 Å². The number of hydrogen-bond acceptors (Lipinski definition) is 7. The Kier molecular flexibility index (Phi) is 8.23. The Morgan fingerprint density at radius 1 is 1.23 bits per heavy atom. The lowest BCUT2D eigenvalue weighted by Gasteiger charge is -2.40. The number of esters is 1. The monoisotopic (exact) mass is 540 g/mol. The van der Waals surface area contributed by atoms with E-state index >= 15 is 0 Å². The number of carbonyl (C=O) groups excluding carboxylic acids is 3. The van der Waals surface area contributed by atoms with E-state index in [2.05, 4.69) is 13.2 Å².